The summed E-state index contributed by atoms with van der Waals surface area (Å²) in [5.74, 6) is 1.09. The third-order valence-electron chi connectivity index (χ3n) is 5.78. The summed E-state index contributed by atoms with van der Waals surface area (Å²) >= 11 is 1.84. The number of aromatic nitrogens is 2. The molecule has 2 aliphatic rings. The minimum absolute atomic E-state index is 0.296. The second kappa shape index (κ2) is 7.29. The van der Waals surface area contributed by atoms with Crippen LogP contribution in [0.4, 0.5) is 10.2 Å². The fourth-order valence-electron chi connectivity index (χ4n) is 4.34. The lowest BCUT2D eigenvalue weighted by atomic mass is 10.1. The van der Waals surface area contributed by atoms with E-state index in [9.17, 15) is 4.39 Å². The highest BCUT2D eigenvalue weighted by Crippen LogP contribution is 2.40. The van der Waals surface area contributed by atoms with Crippen LogP contribution in [0.3, 0.4) is 0 Å². The van der Waals surface area contributed by atoms with E-state index in [1.165, 1.54) is 35.8 Å². The number of nitrogens with zero attached hydrogens (tertiary/aromatic N) is 4. The second-order valence-corrected chi connectivity index (χ2v) is 8.55. The fraction of sp³-hybridized carbons (Fsp3) is 0.429. The number of anilines is 1. The van der Waals surface area contributed by atoms with Gasteiger partial charge in [0.1, 0.15) is 17.0 Å². The Kier molecular flexibility index (Phi) is 4.64. The van der Waals surface area contributed by atoms with E-state index >= 15 is 0 Å². The molecule has 0 radical (unpaired) electrons. The van der Waals surface area contributed by atoms with E-state index in [2.05, 4.69) is 19.8 Å². The van der Waals surface area contributed by atoms with Crippen LogP contribution in [0.25, 0.3) is 10.2 Å². The van der Waals surface area contributed by atoms with Crippen molar-refractivity contribution < 1.29 is 9.13 Å². The lowest BCUT2D eigenvalue weighted by molar-refractivity contribution is 0.249. The first kappa shape index (κ1) is 17.8. The lowest BCUT2D eigenvalue weighted by Gasteiger charge is -2.35. The van der Waals surface area contributed by atoms with Gasteiger partial charge in [0.2, 0.25) is 0 Å². The van der Waals surface area contributed by atoms with Gasteiger partial charge in [-0.1, -0.05) is 6.07 Å². The Balaban J connectivity index is 1.30. The maximum absolute atomic E-state index is 13.9. The number of hydrogen-bond acceptors (Lipinski definition) is 6. The number of aryl methyl sites for hydroxylation is 2. The number of rotatable bonds is 4. The van der Waals surface area contributed by atoms with Gasteiger partial charge in [-0.2, -0.15) is 0 Å². The zero-order valence-corrected chi connectivity index (χ0v) is 16.8. The van der Waals surface area contributed by atoms with Crippen LogP contribution in [0, 0.1) is 5.82 Å². The fourth-order valence-corrected chi connectivity index (χ4v) is 5.56. The summed E-state index contributed by atoms with van der Waals surface area (Å²) in [6.07, 6.45) is 5.29. The van der Waals surface area contributed by atoms with Crippen LogP contribution in [0.15, 0.2) is 24.5 Å². The molecule has 0 unspecified atom stereocenters. The SMILES string of the molecule is COc1ccc(CN2CCN(c3ncnc4sc5c(c34)CCC5)CC2)cc1F. The van der Waals surface area contributed by atoms with Crippen molar-refractivity contribution in [1.29, 1.82) is 0 Å². The monoisotopic (exact) mass is 398 g/mol. The Morgan fingerprint density at radius 3 is 2.79 bits per heavy atom. The Morgan fingerprint density at radius 2 is 2.00 bits per heavy atom. The molecule has 7 heteroatoms. The molecule has 0 saturated carbocycles. The molecule has 2 aromatic heterocycles. The van der Waals surface area contributed by atoms with Crippen LogP contribution in [0.5, 0.6) is 5.75 Å². The molecule has 0 bridgehead atoms. The van der Waals surface area contributed by atoms with E-state index in [4.69, 9.17) is 4.74 Å². The summed E-state index contributed by atoms with van der Waals surface area (Å²) in [7, 11) is 1.49. The summed E-state index contributed by atoms with van der Waals surface area (Å²) < 4.78 is 19.0. The Labute approximate surface area is 167 Å². The number of ether oxygens (including phenoxy) is 1. The summed E-state index contributed by atoms with van der Waals surface area (Å²) in [5, 5.41) is 1.28. The highest BCUT2D eigenvalue weighted by molar-refractivity contribution is 7.19. The number of piperazine rings is 1. The smallest absolute Gasteiger partial charge is 0.165 e. The molecular formula is C21H23FN4OS. The Morgan fingerprint density at radius 1 is 1.14 bits per heavy atom. The topological polar surface area (TPSA) is 41.5 Å². The third-order valence-corrected chi connectivity index (χ3v) is 6.98. The number of halogens is 1. The molecule has 0 N–H and O–H groups in total. The van der Waals surface area contributed by atoms with Crippen molar-refractivity contribution in [1.82, 2.24) is 14.9 Å². The normalized spacial score (nSPS) is 17.3. The first-order valence-electron chi connectivity index (χ1n) is 9.78. The van der Waals surface area contributed by atoms with Crippen molar-refractivity contribution in [3.05, 3.63) is 46.3 Å². The molecule has 1 aromatic carbocycles. The predicted octanol–water partition coefficient (Wildman–Crippen LogP) is 3.65. The van der Waals surface area contributed by atoms with Crippen molar-refractivity contribution in [2.75, 3.05) is 38.2 Å². The van der Waals surface area contributed by atoms with E-state index in [0.717, 1.165) is 55.4 Å². The molecule has 3 heterocycles. The quantitative estimate of drug-likeness (QED) is 0.671. The molecule has 1 aliphatic carbocycles. The molecule has 5 nitrogen and oxygen atoms in total. The van der Waals surface area contributed by atoms with Crippen molar-refractivity contribution in [2.24, 2.45) is 0 Å². The van der Waals surface area contributed by atoms with Crippen molar-refractivity contribution >= 4 is 27.4 Å². The number of fused-ring (bicyclic) bond motifs is 3. The molecule has 0 atom stereocenters. The van der Waals surface area contributed by atoms with E-state index in [-0.39, 0.29) is 5.82 Å². The maximum atomic E-state index is 13.9. The van der Waals surface area contributed by atoms with Gasteiger partial charge < -0.3 is 9.64 Å². The number of methoxy groups -OCH3 is 1. The van der Waals surface area contributed by atoms with Gasteiger partial charge in [0, 0.05) is 37.6 Å². The molecule has 1 saturated heterocycles. The molecule has 3 aromatic rings. The molecule has 0 amide bonds. The van der Waals surface area contributed by atoms with Gasteiger partial charge in [0.05, 0.1) is 12.5 Å². The predicted molar refractivity (Wildman–Crippen MR) is 110 cm³/mol. The van der Waals surface area contributed by atoms with Crippen LogP contribution in [-0.4, -0.2) is 48.2 Å². The van der Waals surface area contributed by atoms with Crippen molar-refractivity contribution in [2.45, 2.75) is 25.8 Å². The molecule has 28 heavy (non-hydrogen) atoms. The van der Waals surface area contributed by atoms with Gasteiger partial charge in [0.15, 0.2) is 11.6 Å². The van der Waals surface area contributed by atoms with Crippen LogP contribution in [0.2, 0.25) is 0 Å². The van der Waals surface area contributed by atoms with Gasteiger partial charge in [-0.3, -0.25) is 4.90 Å². The first-order valence-corrected chi connectivity index (χ1v) is 10.6. The largest absolute Gasteiger partial charge is 0.494 e. The second-order valence-electron chi connectivity index (χ2n) is 7.47. The molecule has 5 rings (SSSR count). The van der Waals surface area contributed by atoms with Crippen molar-refractivity contribution in [3.63, 3.8) is 0 Å². The Hall–Kier alpha value is -2.25. The van der Waals surface area contributed by atoms with E-state index in [0.29, 0.717) is 5.75 Å². The zero-order chi connectivity index (χ0) is 19.1. The Bertz CT molecular complexity index is 1010. The molecular weight excluding hydrogens is 375 g/mol. The van der Waals surface area contributed by atoms with Gasteiger partial charge >= 0.3 is 0 Å². The van der Waals surface area contributed by atoms with Crippen LogP contribution >= 0.6 is 11.3 Å². The highest BCUT2D eigenvalue weighted by atomic mass is 32.1. The van der Waals surface area contributed by atoms with Crippen molar-refractivity contribution in [3.8, 4) is 5.75 Å². The van der Waals surface area contributed by atoms with Crippen LogP contribution in [-0.2, 0) is 19.4 Å². The van der Waals surface area contributed by atoms with Crippen LogP contribution < -0.4 is 9.64 Å². The van der Waals surface area contributed by atoms with Gasteiger partial charge in [-0.15, -0.1) is 11.3 Å². The first-order chi connectivity index (χ1) is 13.7. The standard InChI is InChI=1S/C21H23FN4OS/c1-27-17-6-5-14(11-16(17)22)12-25-7-9-26(10-8-25)20-19-15-3-2-4-18(15)28-21(19)24-13-23-20/h5-6,11,13H,2-4,7-10,12H2,1H3. The average Bonchev–Trinajstić information content (AvgIpc) is 3.30. The summed E-state index contributed by atoms with van der Waals surface area (Å²) in [6, 6.07) is 5.22. The van der Waals surface area contributed by atoms with Gasteiger partial charge in [-0.05, 0) is 42.5 Å². The summed E-state index contributed by atoms with van der Waals surface area (Å²) in [4.78, 5) is 16.6. The zero-order valence-electron chi connectivity index (χ0n) is 15.9. The molecule has 0 spiro atoms. The molecule has 146 valence electrons. The van der Waals surface area contributed by atoms with E-state index in [1.807, 2.05) is 17.4 Å². The maximum Gasteiger partial charge on any atom is 0.165 e. The molecule has 1 fully saturated rings. The average molecular weight is 399 g/mol. The van der Waals surface area contributed by atoms with Gasteiger partial charge in [0.25, 0.3) is 0 Å². The van der Waals surface area contributed by atoms with E-state index < -0.39 is 0 Å². The third kappa shape index (κ3) is 3.12. The van der Waals surface area contributed by atoms with Crippen LogP contribution in [0.1, 0.15) is 22.4 Å². The highest BCUT2D eigenvalue weighted by Gasteiger charge is 2.25. The summed E-state index contributed by atoms with van der Waals surface area (Å²) in [5.41, 5.74) is 2.46. The van der Waals surface area contributed by atoms with Gasteiger partial charge in [-0.25, -0.2) is 14.4 Å². The number of thiophene rings is 1. The minimum atomic E-state index is -0.298. The molecule has 1 aliphatic heterocycles. The summed E-state index contributed by atoms with van der Waals surface area (Å²) in [6.45, 7) is 4.48. The number of benzene rings is 1. The van der Waals surface area contributed by atoms with E-state index in [1.54, 1.807) is 18.5 Å². The lowest BCUT2D eigenvalue weighted by Crippen LogP contribution is -2.46. The number of hydrogen-bond donors (Lipinski definition) is 0. The minimum Gasteiger partial charge on any atom is -0.494 e.